The summed E-state index contributed by atoms with van der Waals surface area (Å²) in [5, 5.41) is 2.83. The molecular formula is C24H25BrN2O4. The molecule has 0 aliphatic rings. The molecule has 6 nitrogen and oxygen atoms in total. The molecule has 0 radical (unpaired) electrons. The predicted molar refractivity (Wildman–Crippen MR) is 123 cm³/mol. The first-order chi connectivity index (χ1) is 15.0. The van der Waals surface area contributed by atoms with Crippen LogP contribution >= 0.6 is 15.9 Å². The van der Waals surface area contributed by atoms with Crippen LogP contribution in [0.4, 0.5) is 5.69 Å². The van der Waals surface area contributed by atoms with Crippen molar-refractivity contribution in [1.29, 1.82) is 0 Å². The van der Waals surface area contributed by atoms with Gasteiger partial charge >= 0.3 is 0 Å². The van der Waals surface area contributed by atoms with Crippen molar-refractivity contribution >= 4 is 33.4 Å². The van der Waals surface area contributed by atoms with Crippen molar-refractivity contribution < 1.29 is 18.7 Å². The molecule has 0 aliphatic heterocycles. The van der Waals surface area contributed by atoms with Crippen LogP contribution in [0, 0.1) is 6.92 Å². The van der Waals surface area contributed by atoms with Crippen LogP contribution in [0.2, 0.25) is 0 Å². The molecule has 0 atom stereocenters. The molecule has 0 saturated heterocycles. The molecule has 0 unspecified atom stereocenters. The Labute approximate surface area is 190 Å². The highest BCUT2D eigenvalue weighted by Crippen LogP contribution is 2.21. The molecule has 3 rings (SSSR count). The highest BCUT2D eigenvalue weighted by molar-refractivity contribution is 9.10. The summed E-state index contributed by atoms with van der Waals surface area (Å²) in [6.45, 7) is 2.60. The first-order valence-corrected chi connectivity index (χ1v) is 10.8. The number of anilines is 1. The Balaban J connectivity index is 1.54. The number of carbonyl (C=O) groups excluding carboxylic acids is 2. The minimum atomic E-state index is -0.275. The molecule has 1 N–H and O–H groups in total. The van der Waals surface area contributed by atoms with E-state index in [4.69, 9.17) is 9.15 Å². The Morgan fingerprint density at radius 1 is 1.06 bits per heavy atom. The van der Waals surface area contributed by atoms with E-state index in [0.29, 0.717) is 24.5 Å². The quantitative estimate of drug-likeness (QED) is 0.402. The molecule has 0 fully saturated rings. The van der Waals surface area contributed by atoms with Gasteiger partial charge < -0.3 is 19.4 Å². The van der Waals surface area contributed by atoms with Gasteiger partial charge in [-0.3, -0.25) is 9.59 Å². The number of hydrogen-bond acceptors (Lipinski definition) is 4. The van der Waals surface area contributed by atoms with Gasteiger partial charge in [0, 0.05) is 10.9 Å². The molecule has 1 heterocycles. The number of hydrogen-bond donors (Lipinski definition) is 1. The van der Waals surface area contributed by atoms with E-state index in [9.17, 15) is 9.59 Å². The van der Waals surface area contributed by atoms with Gasteiger partial charge in [0.25, 0.3) is 0 Å². The van der Waals surface area contributed by atoms with Crippen LogP contribution in [-0.4, -0.2) is 29.9 Å². The Morgan fingerprint density at radius 3 is 2.55 bits per heavy atom. The molecule has 0 saturated carbocycles. The van der Waals surface area contributed by atoms with E-state index >= 15 is 0 Å². The molecule has 0 spiro atoms. The van der Waals surface area contributed by atoms with Crippen molar-refractivity contribution in [3.05, 3.63) is 82.7 Å². The molecule has 7 heteroatoms. The van der Waals surface area contributed by atoms with Crippen molar-refractivity contribution in [2.45, 2.75) is 26.3 Å². The number of rotatable bonds is 10. The maximum absolute atomic E-state index is 12.8. The van der Waals surface area contributed by atoms with E-state index in [0.717, 1.165) is 15.8 Å². The number of aryl methyl sites for hydroxylation is 1. The van der Waals surface area contributed by atoms with Gasteiger partial charge in [-0.05, 0) is 65.7 Å². The predicted octanol–water partition coefficient (Wildman–Crippen LogP) is 5.18. The second kappa shape index (κ2) is 11.4. The van der Waals surface area contributed by atoms with Crippen LogP contribution in [-0.2, 0) is 16.1 Å². The highest BCUT2D eigenvalue weighted by atomic mass is 79.9. The molecule has 0 aliphatic carbocycles. The van der Waals surface area contributed by atoms with Gasteiger partial charge in [0.05, 0.1) is 25.1 Å². The number of nitrogens with zero attached hydrogens (tertiary/aromatic N) is 1. The normalized spacial score (nSPS) is 10.5. The maximum Gasteiger partial charge on any atom is 0.244 e. The fraction of sp³-hybridized carbons (Fsp3) is 0.250. The van der Waals surface area contributed by atoms with E-state index in [2.05, 4.69) is 21.2 Å². The maximum atomic E-state index is 12.8. The third-order valence-electron chi connectivity index (χ3n) is 4.59. The topological polar surface area (TPSA) is 71.8 Å². The number of carbonyl (C=O) groups is 2. The number of amides is 2. The van der Waals surface area contributed by atoms with E-state index in [1.807, 2.05) is 49.4 Å². The number of nitrogens with one attached hydrogen (secondary N) is 1. The number of halogens is 1. The summed E-state index contributed by atoms with van der Waals surface area (Å²) >= 11 is 3.41. The van der Waals surface area contributed by atoms with Gasteiger partial charge in [0.1, 0.15) is 18.1 Å². The summed E-state index contributed by atoms with van der Waals surface area (Å²) < 4.78 is 11.8. The Bertz CT molecular complexity index is 987. The lowest BCUT2D eigenvalue weighted by molar-refractivity contribution is -0.135. The molecule has 1 aromatic heterocycles. The SMILES string of the molecule is Cc1ccc(OCCCC(=O)N(CC(=O)Nc2ccccc2Br)Cc2ccco2)cc1. The first-order valence-electron chi connectivity index (χ1n) is 10.1. The average Bonchev–Trinajstić information content (AvgIpc) is 3.27. The van der Waals surface area contributed by atoms with E-state index in [1.54, 1.807) is 24.5 Å². The van der Waals surface area contributed by atoms with E-state index in [1.165, 1.54) is 4.90 Å². The van der Waals surface area contributed by atoms with Crippen LogP contribution < -0.4 is 10.1 Å². The fourth-order valence-corrected chi connectivity index (χ4v) is 3.34. The van der Waals surface area contributed by atoms with Crippen molar-refractivity contribution in [2.75, 3.05) is 18.5 Å². The summed E-state index contributed by atoms with van der Waals surface area (Å²) in [5.74, 6) is 0.991. The minimum absolute atomic E-state index is 0.0698. The summed E-state index contributed by atoms with van der Waals surface area (Å²) in [5.41, 5.74) is 1.82. The lowest BCUT2D eigenvalue weighted by Crippen LogP contribution is -2.37. The molecule has 2 amide bonds. The molecule has 2 aromatic carbocycles. The molecule has 31 heavy (non-hydrogen) atoms. The first kappa shape index (κ1) is 22.6. The van der Waals surface area contributed by atoms with Crippen LogP contribution in [0.1, 0.15) is 24.2 Å². The zero-order valence-corrected chi connectivity index (χ0v) is 18.9. The van der Waals surface area contributed by atoms with Crippen LogP contribution in [0.3, 0.4) is 0 Å². The zero-order valence-electron chi connectivity index (χ0n) is 17.3. The van der Waals surface area contributed by atoms with Gasteiger partial charge in [0.2, 0.25) is 11.8 Å². The number of furan rings is 1. The molecule has 3 aromatic rings. The molecule has 0 bridgehead atoms. The highest BCUT2D eigenvalue weighted by Gasteiger charge is 2.19. The van der Waals surface area contributed by atoms with Gasteiger partial charge in [-0.1, -0.05) is 29.8 Å². The minimum Gasteiger partial charge on any atom is -0.494 e. The Kier molecular flexibility index (Phi) is 8.29. The monoisotopic (exact) mass is 484 g/mol. The average molecular weight is 485 g/mol. The Morgan fingerprint density at radius 2 is 1.84 bits per heavy atom. The summed E-state index contributed by atoms with van der Waals surface area (Å²) in [4.78, 5) is 26.9. The van der Waals surface area contributed by atoms with Crippen molar-refractivity contribution in [3.63, 3.8) is 0 Å². The zero-order chi connectivity index (χ0) is 22.1. The summed E-state index contributed by atoms with van der Waals surface area (Å²) in [6.07, 6.45) is 2.37. The molecular weight excluding hydrogens is 460 g/mol. The fourth-order valence-electron chi connectivity index (χ4n) is 2.95. The lowest BCUT2D eigenvalue weighted by atomic mass is 10.2. The van der Waals surface area contributed by atoms with Crippen molar-refractivity contribution in [2.24, 2.45) is 0 Å². The summed E-state index contributed by atoms with van der Waals surface area (Å²) in [7, 11) is 0. The largest absolute Gasteiger partial charge is 0.494 e. The van der Waals surface area contributed by atoms with Crippen LogP contribution in [0.15, 0.2) is 75.8 Å². The lowest BCUT2D eigenvalue weighted by Gasteiger charge is -2.21. The van der Waals surface area contributed by atoms with Crippen molar-refractivity contribution in [1.82, 2.24) is 4.90 Å². The van der Waals surface area contributed by atoms with Crippen molar-refractivity contribution in [3.8, 4) is 5.75 Å². The summed E-state index contributed by atoms with van der Waals surface area (Å²) in [6, 6.07) is 18.7. The van der Waals surface area contributed by atoms with Gasteiger partial charge in [-0.15, -0.1) is 0 Å². The van der Waals surface area contributed by atoms with E-state index < -0.39 is 0 Å². The third-order valence-corrected chi connectivity index (χ3v) is 5.28. The smallest absolute Gasteiger partial charge is 0.244 e. The standard InChI is InChI=1S/C24H25BrN2O4/c1-18-10-12-19(13-11-18)30-15-5-9-24(29)27(16-20-6-4-14-31-20)17-23(28)26-22-8-3-2-7-21(22)25/h2-4,6-8,10-14H,5,9,15-17H2,1H3,(H,26,28). The number of ether oxygens (including phenoxy) is 1. The van der Waals surface area contributed by atoms with Gasteiger partial charge in [0.15, 0.2) is 0 Å². The van der Waals surface area contributed by atoms with Gasteiger partial charge in [-0.25, -0.2) is 0 Å². The van der Waals surface area contributed by atoms with Gasteiger partial charge in [-0.2, -0.15) is 0 Å². The third kappa shape index (κ3) is 7.29. The molecule has 162 valence electrons. The number of benzene rings is 2. The Hall–Kier alpha value is -3.06. The van der Waals surface area contributed by atoms with Crippen LogP contribution in [0.25, 0.3) is 0 Å². The van der Waals surface area contributed by atoms with Crippen LogP contribution in [0.5, 0.6) is 5.75 Å². The second-order valence-electron chi connectivity index (χ2n) is 7.12. The second-order valence-corrected chi connectivity index (χ2v) is 7.98. The number of para-hydroxylation sites is 1. The van der Waals surface area contributed by atoms with E-state index in [-0.39, 0.29) is 31.3 Å².